The van der Waals surface area contributed by atoms with Crippen LogP contribution in [0.4, 0.5) is 0 Å². The zero-order valence-electron chi connectivity index (χ0n) is 7.99. The van der Waals surface area contributed by atoms with Gasteiger partial charge in [-0.05, 0) is 12.1 Å². The molecule has 3 N–H and O–H groups in total. The van der Waals surface area contributed by atoms with E-state index < -0.39 is 11.8 Å². The molecular weight excluding hydrogens is 238 g/mol. The normalized spacial score (nSPS) is 9.80. The second-order valence-electron chi connectivity index (χ2n) is 2.84. The van der Waals surface area contributed by atoms with Crippen LogP contribution in [-0.4, -0.2) is 23.8 Å². The topological polar surface area (TPSA) is 75.4 Å². The molecule has 0 aromatic carbocycles. The smallest absolute Gasteiger partial charge is 0.323 e. The lowest BCUT2D eigenvalue weighted by Gasteiger charge is -2.14. The first-order chi connectivity index (χ1) is 7.04. The third kappa shape index (κ3) is 3.19. The average Bonchev–Trinajstić information content (AvgIpc) is 2.61. The van der Waals surface area contributed by atoms with E-state index in [2.05, 4.69) is 0 Å². The maximum Gasteiger partial charge on any atom is 0.323 e. The number of nitrogens with one attached hydrogen (secondary N) is 1. The molecular formula is C8H10ClN3O2S. The van der Waals surface area contributed by atoms with Crippen LogP contribution in [0.2, 0.25) is 4.34 Å². The Balaban J connectivity index is 2.59. The summed E-state index contributed by atoms with van der Waals surface area (Å²) in [6, 6.07) is 3.54. The largest absolute Gasteiger partial charge is 0.332 e. The van der Waals surface area contributed by atoms with Crippen molar-refractivity contribution in [3.8, 4) is 0 Å². The van der Waals surface area contributed by atoms with Gasteiger partial charge in [0.15, 0.2) is 0 Å². The number of nitrogens with zero attached hydrogens (tertiary/aromatic N) is 1. The molecule has 0 aliphatic heterocycles. The molecule has 0 spiro atoms. The van der Waals surface area contributed by atoms with Crippen molar-refractivity contribution < 1.29 is 9.59 Å². The summed E-state index contributed by atoms with van der Waals surface area (Å²) in [6.07, 6.45) is 0. The third-order valence-corrected chi connectivity index (χ3v) is 2.91. The number of carbonyl (C=O) groups is 2. The lowest BCUT2D eigenvalue weighted by Crippen LogP contribution is -2.43. The second kappa shape index (κ2) is 5.11. The Morgan fingerprint density at radius 1 is 1.60 bits per heavy atom. The van der Waals surface area contributed by atoms with Gasteiger partial charge in [0.2, 0.25) is 0 Å². The number of amides is 2. The molecule has 7 heteroatoms. The first-order valence-electron chi connectivity index (χ1n) is 4.05. The van der Waals surface area contributed by atoms with Gasteiger partial charge in [-0.15, -0.1) is 11.3 Å². The van der Waals surface area contributed by atoms with E-state index in [1.165, 1.54) is 23.3 Å². The van der Waals surface area contributed by atoms with Crippen molar-refractivity contribution in [1.29, 1.82) is 0 Å². The summed E-state index contributed by atoms with van der Waals surface area (Å²) in [4.78, 5) is 24.4. The molecule has 0 saturated carbocycles. The van der Waals surface area contributed by atoms with Crippen molar-refractivity contribution >= 4 is 34.8 Å². The zero-order chi connectivity index (χ0) is 11.4. The van der Waals surface area contributed by atoms with Crippen molar-refractivity contribution in [3.05, 3.63) is 21.3 Å². The molecule has 0 bridgehead atoms. The van der Waals surface area contributed by atoms with Crippen LogP contribution in [0.15, 0.2) is 12.1 Å². The lowest BCUT2D eigenvalue weighted by atomic mass is 10.4. The number of rotatable bonds is 2. The van der Waals surface area contributed by atoms with Crippen LogP contribution >= 0.6 is 22.9 Å². The summed E-state index contributed by atoms with van der Waals surface area (Å²) in [5.41, 5.74) is 1.78. The monoisotopic (exact) mass is 247 g/mol. The second-order valence-corrected chi connectivity index (χ2v) is 4.64. The van der Waals surface area contributed by atoms with Gasteiger partial charge in [0, 0.05) is 11.9 Å². The molecule has 5 nitrogen and oxygen atoms in total. The van der Waals surface area contributed by atoms with E-state index in [0.29, 0.717) is 10.9 Å². The van der Waals surface area contributed by atoms with Crippen molar-refractivity contribution in [1.82, 2.24) is 10.3 Å². The Bertz CT molecular complexity index is 380. The van der Waals surface area contributed by atoms with E-state index in [-0.39, 0.29) is 0 Å². The maximum atomic E-state index is 11.3. The minimum Gasteiger partial charge on any atom is -0.332 e. The van der Waals surface area contributed by atoms with E-state index in [1.54, 1.807) is 17.6 Å². The molecule has 0 saturated heterocycles. The fourth-order valence-electron chi connectivity index (χ4n) is 0.977. The van der Waals surface area contributed by atoms with E-state index in [1.807, 2.05) is 0 Å². The molecule has 0 fully saturated rings. The van der Waals surface area contributed by atoms with Crippen LogP contribution < -0.4 is 11.3 Å². The lowest BCUT2D eigenvalue weighted by molar-refractivity contribution is -0.145. The van der Waals surface area contributed by atoms with Gasteiger partial charge in [-0.25, -0.2) is 5.84 Å². The highest BCUT2D eigenvalue weighted by atomic mass is 35.5. The van der Waals surface area contributed by atoms with E-state index in [4.69, 9.17) is 17.4 Å². The van der Waals surface area contributed by atoms with Crippen LogP contribution in [0.1, 0.15) is 4.88 Å². The van der Waals surface area contributed by atoms with Crippen LogP contribution in [0, 0.1) is 0 Å². The molecule has 0 unspecified atom stereocenters. The minimum atomic E-state index is -0.833. The van der Waals surface area contributed by atoms with Crippen molar-refractivity contribution in [3.63, 3.8) is 0 Å². The van der Waals surface area contributed by atoms with Gasteiger partial charge in [0.1, 0.15) is 0 Å². The molecule has 82 valence electrons. The Hall–Kier alpha value is -1.11. The molecule has 0 radical (unpaired) electrons. The molecule has 2 amide bonds. The number of hydrogen-bond acceptors (Lipinski definition) is 4. The summed E-state index contributed by atoms with van der Waals surface area (Å²) < 4.78 is 0.647. The van der Waals surface area contributed by atoms with E-state index in [9.17, 15) is 9.59 Å². The molecule has 1 heterocycles. The highest BCUT2D eigenvalue weighted by molar-refractivity contribution is 7.16. The predicted molar refractivity (Wildman–Crippen MR) is 58.1 cm³/mol. The SMILES string of the molecule is CN(Cc1ccc(Cl)s1)C(=O)C(=O)NN. The standard InChI is InChI=1S/C8H10ClN3O2S/c1-12(8(14)7(13)11-10)4-5-2-3-6(9)15-5/h2-3H,4,10H2,1H3,(H,11,13). The Morgan fingerprint density at radius 2 is 2.27 bits per heavy atom. The maximum absolute atomic E-state index is 11.3. The number of halogens is 1. The Labute approximate surface area is 95.8 Å². The highest BCUT2D eigenvalue weighted by Gasteiger charge is 2.17. The van der Waals surface area contributed by atoms with Crippen molar-refractivity contribution in [2.45, 2.75) is 6.54 Å². The highest BCUT2D eigenvalue weighted by Crippen LogP contribution is 2.22. The number of thiophene rings is 1. The van der Waals surface area contributed by atoms with Gasteiger partial charge < -0.3 is 4.90 Å². The molecule has 0 atom stereocenters. The van der Waals surface area contributed by atoms with Crippen LogP contribution in [0.3, 0.4) is 0 Å². The molecule has 1 aromatic heterocycles. The molecule has 0 aliphatic carbocycles. The first-order valence-corrected chi connectivity index (χ1v) is 5.24. The summed E-state index contributed by atoms with van der Waals surface area (Å²) in [7, 11) is 1.52. The van der Waals surface area contributed by atoms with Crippen LogP contribution in [0.25, 0.3) is 0 Å². The summed E-state index contributed by atoms with van der Waals surface area (Å²) in [5, 5.41) is 0. The number of likely N-dealkylation sites (N-methyl/N-ethyl adjacent to an activating group) is 1. The average molecular weight is 248 g/mol. The molecule has 1 aromatic rings. The van der Waals surface area contributed by atoms with Gasteiger partial charge in [0.25, 0.3) is 0 Å². The quantitative estimate of drug-likeness (QED) is 0.343. The van der Waals surface area contributed by atoms with Crippen molar-refractivity contribution in [2.24, 2.45) is 5.84 Å². The fraction of sp³-hybridized carbons (Fsp3) is 0.250. The van der Waals surface area contributed by atoms with Gasteiger partial charge in [-0.2, -0.15) is 0 Å². The van der Waals surface area contributed by atoms with Crippen LogP contribution in [0.5, 0.6) is 0 Å². The molecule has 1 rings (SSSR count). The van der Waals surface area contributed by atoms with Crippen molar-refractivity contribution in [2.75, 3.05) is 7.05 Å². The number of hydrogen-bond donors (Lipinski definition) is 2. The molecule has 15 heavy (non-hydrogen) atoms. The summed E-state index contributed by atoms with van der Waals surface area (Å²) >= 11 is 7.09. The predicted octanol–water partition coefficient (Wildman–Crippen LogP) is 0.350. The van der Waals surface area contributed by atoms with Gasteiger partial charge in [0.05, 0.1) is 10.9 Å². The minimum absolute atomic E-state index is 0.337. The summed E-state index contributed by atoms with van der Waals surface area (Å²) in [6.45, 7) is 0.337. The third-order valence-electron chi connectivity index (χ3n) is 1.69. The van der Waals surface area contributed by atoms with Crippen LogP contribution in [-0.2, 0) is 16.1 Å². The number of nitrogens with two attached hydrogens (primary N) is 1. The Kier molecular flexibility index (Phi) is 4.07. The Morgan fingerprint density at radius 3 is 2.73 bits per heavy atom. The zero-order valence-corrected chi connectivity index (χ0v) is 9.56. The van der Waals surface area contributed by atoms with Gasteiger partial charge >= 0.3 is 11.8 Å². The van der Waals surface area contributed by atoms with Gasteiger partial charge in [-0.3, -0.25) is 15.0 Å². The fourth-order valence-corrected chi connectivity index (χ4v) is 2.12. The summed E-state index contributed by atoms with van der Waals surface area (Å²) in [5.74, 6) is 3.33. The number of carbonyl (C=O) groups excluding carboxylic acids is 2. The first kappa shape index (κ1) is 12.0. The molecule has 0 aliphatic rings. The number of hydrazine groups is 1. The van der Waals surface area contributed by atoms with E-state index >= 15 is 0 Å². The van der Waals surface area contributed by atoms with Gasteiger partial charge in [-0.1, -0.05) is 11.6 Å². The van der Waals surface area contributed by atoms with E-state index in [0.717, 1.165) is 4.88 Å².